The van der Waals surface area contributed by atoms with Crippen molar-refractivity contribution in [3.05, 3.63) is 24.2 Å². The van der Waals surface area contributed by atoms with Crippen molar-refractivity contribution in [2.45, 2.75) is 31.4 Å². The van der Waals surface area contributed by atoms with E-state index < -0.39 is 0 Å². The van der Waals surface area contributed by atoms with Crippen molar-refractivity contribution in [3.8, 4) is 0 Å². The summed E-state index contributed by atoms with van der Waals surface area (Å²) >= 11 is 0. The second-order valence-corrected chi connectivity index (χ2v) is 6.51. The monoisotopic (exact) mass is 290 g/mol. The number of amides is 1. The maximum absolute atomic E-state index is 12.3. The molecule has 0 unspecified atom stereocenters. The Balaban J connectivity index is 1.33. The summed E-state index contributed by atoms with van der Waals surface area (Å²) < 4.78 is 11.2. The number of furan rings is 1. The molecule has 0 N–H and O–H groups in total. The SMILES string of the molecule is O=C(c1ccco1)N1CCN2C[C@H](OCC3CC3)C[C@H]2C1. The molecule has 4 rings (SSSR count). The second-order valence-electron chi connectivity index (χ2n) is 6.51. The van der Waals surface area contributed by atoms with Crippen LogP contribution in [0, 0.1) is 5.92 Å². The van der Waals surface area contributed by atoms with Crippen LogP contribution in [0.4, 0.5) is 0 Å². The van der Waals surface area contributed by atoms with Gasteiger partial charge in [-0.15, -0.1) is 0 Å². The zero-order valence-corrected chi connectivity index (χ0v) is 12.2. The summed E-state index contributed by atoms with van der Waals surface area (Å²) in [6.07, 6.45) is 5.64. The van der Waals surface area contributed by atoms with E-state index in [0.29, 0.717) is 17.9 Å². The van der Waals surface area contributed by atoms with E-state index in [0.717, 1.165) is 45.1 Å². The molecule has 21 heavy (non-hydrogen) atoms. The minimum Gasteiger partial charge on any atom is -0.459 e. The fraction of sp³-hybridized carbons (Fsp3) is 0.688. The summed E-state index contributed by atoms with van der Waals surface area (Å²) in [4.78, 5) is 16.7. The molecule has 114 valence electrons. The quantitative estimate of drug-likeness (QED) is 0.845. The van der Waals surface area contributed by atoms with Crippen LogP contribution in [0.25, 0.3) is 0 Å². The van der Waals surface area contributed by atoms with Gasteiger partial charge in [-0.25, -0.2) is 0 Å². The number of rotatable bonds is 4. The van der Waals surface area contributed by atoms with E-state index >= 15 is 0 Å². The zero-order chi connectivity index (χ0) is 14.2. The molecule has 3 aliphatic rings. The molecule has 2 aliphatic heterocycles. The summed E-state index contributed by atoms with van der Waals surface area (Å²) in [5.41, 5.74) is 0. The predicted molar refractivity (Wildman–Crippen MR) is 77.1 cm³/mol. The van der Waals surface area contributed by atoms with Crippen molar-refractivity contribution < 1.29 is 13.9 Å². The van der Waals surface area contributed by atoms with Gasteiger partial charge in [0.15, 0.2) is 5.76 Å². The molecular formula is C16H22N2O3. The highest BCUT2D eigenvalue weighted by atomic mass is 16.5. The van der Waals surface area contributed by atoms with Crippen molar-refractivity contribution in [1.82, 2.24) is 9.80 Å². The minimum atomic E-state index is 0.0157. The van der Waals surface area contributed by atoms with E-state index in [9.17, 15) is 4.79 Å². The average Bonchev–Trinajstić information content (AvgIpc) is 3.02. The lowest BCUT2D eigenvalue weighted by atomic mass is 10.1. The van der Waals surface area contributed by atoms with Crippen LogP contribution < -0.4 is 0 Å². The van der Waals surface area contributed by atoms with Gasteiger partial charge in [0.2, 0.25) is 0 Å². The predicted octanol–water partition coefficient (Wildman–Crippen LogP) is 1.60. The molecule has 3 heterocycles. The number of piperazine rings is 1. The summed E-state index contributed by atoms with van der Waals surface area (Å²) in [5, 5.41) is 0. The van der Waals surface area contributed by atoms with Crippen molar-refractivity contribution >= 4 is 5.91 Å². The van der Waals surface area contributed by atoms with E-state index in [-0.39, 0.29) is 5.91 Å². The molecule has 5 nitrogen and oxygen atoms in total. The highest BCUT2D eigenvalue weighted by Crippen LogP contribution is 2.31. The number of hydrogen-bond acceptors (Lipinski definition) is 4. The molecule has 1 aromatic heterocycles. The molecule has 0 spiro atoms. The van der Waals surface area contributed by atoms with Crippen LogP contribution in [0.5, 0.6) is 0 Å². The summed E-state index contributed by atoms with van der Waals surface area (Å²) in [7, 11) is 0. The Labute approximate surface area is 124 Å². The van der Waals surface area contributed by atoms with Gasteiger partial charge >= 0.3 is 0 Å². The Morgan fingerprint density at radius 3 is 3.00 bits per heavy atom. The third-order valence-corrected chi connectivity index (χ3v) is 4.86. The van der Waals surface area contributed by atoms with Gasteiger partial charge in [-0.1, -0.05) is 0 Å². The highest BCUT2D eigenvalue weighted by molar-refractivity contribution is 5.91. The van der Waals surface area contributed by atoms with Crippen molar-refractivity contribution in [2.75, 3.05) is 32.8 Å². The summed E-state index contributed by atoms with van der Waals surface area (Å²) in [6.45, 7) is 4.48. The van der Waals surface area contributed by atoms with Crippen LogP contribution in [0.2, 0.25) is 0 Å². The van der Waals surface area contributed by atoms with Crippen LogP contribution in [0.1, 0.15) is 29.8 Å². The number of ether oxygens (including phenoxy) is 1. The van der Waals surface area contributed by atoms with Crippen LogP contribution in [-0.4, -0.2) is 60.6 Å². The van der Waals surface area contributed by atoms with E-state index in [1.54, 1.807) is 18.4 Å². The smallest absolute Gasteiger partial charge is 0.289 e. The number of nitrogens with zero attached hydrogens (tertiary/aromatic N) is 2. The molecule has 3 fully saturated rings. The van der Waals surface area contributed by atoms with Crippen molar-refractivity contribution in [2.24, 2.45) is 5.92 Å². The molecule has 1 amide bonds. The van der Waals surface area contributed by atoms with Crippen molar-refractivity contribution in [3.63, 3.8) is 0 Å². The first kappa shape index (κ1) is 13.3. The molecule has 5 heteroatoms. The molecule has 1 saturated carbocycles. The molecule has 1 aliphatic carbocycles. The lowest BCUT2D eigenvalue weighted by Gasteiger charge is -2.36. The van der Waals surface area contributed by atoms with Crippen LogP contribution >= 0.6 is 0 Å². The third-order valence-electron chi connectivity index (χ3n) is 4.86. The van der Waals surface area contributed by atoms with Crippen LogP contribution in [0.15, 0.2) is 22.8 Å². The van der Waals surface area contributed by atoms with Crippen LogP contribution in [-0.2, 0) is 4.74 Å². The van der Waals surface area contributed by atoms with Crippen molar-refractivity contribution in [1.29, 1.82) is 0 Å². The van der Waals surface area contributed by atoms with Crippen LogP contribution in [0.3, 0.4) is 0 Å². The largest absolute Gasteiger partial charge is 0.459 e. The molecule has 0 radical (unpaired) electrons. The fourth-order valence-corrected chi connectivity index (χ4v) is 3.41. The van der Waals surface area contributed by atoms with E-state index in [1.807, 2.05) is 4.90 Å². The number of carbonyl (C=O) groups excluding carboxylic acids is 1. The standard InChI is InChI=1S/C16H22N2O3/c19-16(15-2-1-7-20-15)18-6-5-17-10-14(8-13(17)9-18)21-11-12-3-4-12/h1-2,7,12-14H,3-6,8-11H2/t13-,14+/m0/s1. The molecular weight excluding hydrogens is 268 g/mol. The topological polar surface area (TPSA) is 45.9 Å². The third kappa shape index (κ3) is 2.85. The number of hydrogen-bond donors (Lipinski definition) is 0. The van der Waals surface area contributed by atoms with Gasteiger partial charge in [0.25, 0.3) is 5.91 Å². The second kappa shape index (κ2) is 5.46. The maximum Gasteiger partial charge on any atom is 0.289 e. The highest BCUT2D eigenvalue weighted by Gasteiger charge is 2.38. The molecule has 0 bridgehead atoms. The molecule has 0 aromatic carbocycles. The fourth-order valence-electron chi connectivity index (χ4n) is 3.41. The first-order chi connectivity index (χ1) is 10.3. The molecule has 2 atom stereocenters. The van der Waals surface area contributed by atoms with Gasteiger partial charge in [-0.05, 0) is 37.3 Å². The normalized spacial score (nSPS) is 29.6. The van der Waals surface area contributed by atoms with Gasteiger partial charge in [0, 0.05) is 38.8 Å². The lowest BCUT2D eigenvalue weighted by Crippen LogP contribution is -2.52. The Hall–Kier alpha value is -1.33. The molecule has 1 aromatic rings. The first-order valence-electron chi connectivity index (χ1n) is 7.98. The number of fused-ring (bicyclic) bond motifs is 1. The summed E-state index contributed by atoms with van der Waals surface area (Å²) in [6, 6.07) is 3.95. The minimum absolute atomic E-state index is 0.0157. The maximum atomic E-state index is 12.3. The van der Waals surface area contributed by atoms with Gasteiger partial charge in [0.1, 0.15) is 0 Å². The average molecular weight is 290 g/mol. The number of carbonyl (C=O) groups is 1. The van der Waals surface area contributed by atoms with Gasteiger partial charge in [-0.3, -0.25) is 9.69 Å². The Morgan fingerprint density at radius 2 is 2.24 bits per heavy atom. The van der Waals surface area contributed by atoms with E-state index in [2.05, 4.69) is 4.90 Å². The van der Waals surface area contributed by atoms with Gasteiger partial charge in [0.05, 0.1) is 12.4 Å². The van der Waals surface area contributed by atoms with E-state index in [4.69, 9.17) is 9.15 Å². The zero-order valence-electron chi connectivity index (χ0n) is 12.2. The lowest BCUT2D eigenvalue weighted by molar-refractivity contribution is 0.0483. The first-order valence-corrected chi connectivity index (χ1v) is 7.98. The Kier molecular flexibility index (Phi) is 3.47. The Bertz CT molecular complexity index is 498. The Morgan fingerprint density at radius 1 is 1.33 bits per heavy atom. The van der Waals surface area contributed by atoms with Gasteiger partial charge in [-0.2, -0.15) is 0 Å². The molecule has 2 saturated heterocycles. The summed E-state index contributed by atoms with van der Waals surface area (Å²) in [5.74, 6) is 1.28. The van der Waals surface area contributed by atoms with Gasteiger partial charge < -0.3 is 14.1 Å². The van der Waals surface area contributed by atoms with E-state index in [1.165, 1.54) is 12.8 Å².